The van der Waals surface area contributed by atoms with Gasteiger partial charge in [-0.2, -0.15) is 17.7 Å². The number of rotatable bonds is 11. The van der Waals surface area contributed by atoms with Gasteiger partial charge in [-0.1, -0.05) is 102 Å². The molecule has 1 saturated heterocycles. The summed E-state index contributed by atoms with van der Waals surface area (Å²) in [6.07, 6.45) is 0.993. The summed E-state index contributed by atoms with van der Waals surface area (Å²) < 4.78 is 86.9. The SMILES string of the molecule is C[n+]1ccsc1[C@H]1O[C@H](COCc2ccccc2)[C@@H](OCc2ccccc2)[C@H]1OCc1ccccc1.O=S(=O)([O-])C(F)(F)F. The van der Waals surface area contributed by atoms with Gasteiger partial charge in [0.15, 0.2) is 22.4 Å². The molecular weight excluding hydrogens is 619 g/mol. The zero-order valence-electron chi connectivity index (χ0n) is 23.7. The molecule has 4 aromatic rings. The summed E-state index contributed by atoms with van der Waals surface area (Å²) in [4.78, 5) is 0. The monoisotopic (exact) mass is 651 g/mol. The van der Waals surface area contributed by atoms with Crippen molar-refractivity contribution < 1.29 is 49.7 Å². The lowest BCUT2D eigenvalue weighted by Crippen LogP contribution is -2.39. The van der Waals surface area contributed by atoms with E-state index in [9.17, 15) is 13.2 Å². The van der Waals surface area contributed by atoms with Crippen LogP contribution in [-0.2, 0) is 55.9 Å². The molecule has 5 rings (SSSR count). The van der Waals surface area contributed by atoms with Gasteiger partial charge in [-0.25, -0.2) is 8.42 Å². The number of thiazole rings is 1. The Kier molecular flexibility index (Phi) is 12.0. The van der Waals surface area contributed by atoms with Gasteiger partial charge < -0.3 is 23.5 Å². The van der Waals surface area contributed by atoms with Crippen molar-refractivity contribution in [1.82, 2.24) is 0 Å². The molecule has 0 N–H and O–H groups in total. The van der Waals surface area contributed by atoms with Gasteiger partial charge >= 0.3 is 5.51 Å². The lowest BCUT2D eigenvalue weighted by atomic mass is 10.1. The van der Waals surface area contributed by atoms with Crippen molar-refractivity contribution >= 4 is 21.5 Å². The van der Waals surface area contributed by atoms with Gasteiger partial charge in [-0.3, -0.25) is 0 Å². The fourth-order valence-electron chi connectivity index (χ4n) is 4.46. The number of aromatic nitrogens is 1. The normalized spacial score (nSPS) is 20.2. The molecule has 0 radical (unpaired) electrons. The Labute approximate surface area is 258 Å². The lowest BCUT2D eigenvalue weighted by molar-refractivity contribution is -0.678. The number of benzene rings is 3. The largest absolute Gasteiger partial charge is 0.741 e. The van der Waals surface area contributed by atoms with Crippen LogP contribution in [-0.4, -0.2) is 43.4 Å². The summed E-state index contributed by atoms with van der Waals surface area (Å²) in [7, 11) is -4.05. The highest BCUT2D eigenvalue weighted by atomic mass is 32.2. The van der Waals surface area contributed by atoms with E-state index in [0.29, 0.717) is 26.4 Å². The predicted molar refractivity (Wildman–Crippen MR) is 155 cm³/mol. The van der Waals surface area contributed by atoms with Crippen LogP contribution in [0, 0.1) is 0 Å². The minimum atomic E-state index is -6.09. The molecule has 0 bridgehead atoms. The predicted octanol–water partition coefficient (Wildman–Crippen LogP) is 5.45. The summed E-state index contributed by atoms with van der Waals surface area (Å²) in [6.45, 7) is 1.92. The van der Waals surface area contributed by atoms with Gasteiger partial charge in [0.25, 0.3) is 5.01 Å². The van der Waals surface area contributed by atoms with Crippen LogP contribution in [0.15, 0.2) is 103 Å². The van der Waals surface area contributed by atoms with E-state index in [1.54, 1.807) is 11.3 Å². The molecule has 1 aliphatic rings. The molecule has 1 fully saturated rings. The van der Waals surface area contributed by atoms with Crippen molar-refractivity contribution in [2.75, 3.05) is 6.61 Å². The van der Waals surface area contributed by atoms with Crippen molar-refractivity contribution in [3.8, 4) is 0 Å². The van der Waals surface area contributed by atoms with Crippen LogP contribution >= 0.6 is 11.3 Å². The molecule has 0 unspecified atom stereocenters. The molecule has 4 atom stereocenters. The minimum absolute atomic E-state index is 0.246. The molecule has 0 saturated carbocycles. The van der Waals surface area contributed by atoms with E-state index >= 15 is 0 Å². The van der Waals surface area contributed by atoms with Crippen LogP contribution in [0.25, 0.3) is 0 Å². The standard InChI is InChI=1S/C30H32NO4S.CHF3O3S/c1-31-17-18-36-30(31)29-28(34-21-25-15-9-4-10-16-25)27(33-20-24-13-7-3-8-14-24)26(35-29)22-32-19-23-11-5-2-6-12-23;2-1(3,4)8(5,6)7/h2-18,26-29H,19-22H2,1H3;(H,5,6,7)/q+1;/p-1/t26-,27-,28-,29+;/m1./s1. The first-order valence-electron chi connectivity index (χ1n) is 13.6. The van der Waals surface area contributed by atoms with Crippen LogP contribution in [0.3, 0.4) is 0 Å². The summed E-state index contributed by atoms with van der Waals surface area (Å²) in [5.74, 6) is 0. The van der Waals surface area contributed by atoms with E-state index < -0.39 is 15.6 Å². The van der Waals surface area contributed by atoms with Crippen LogP contribution in [0.1, 0.15) is 27.8 Å². The van der Waals surface area contributed by atoms with E-state index in [1.165, 1.54) is 0 Å². The molecule has 2 heterocycles. The Morgan fingerprint density at radius 1 is 0.818 bits per heavy atom. The number of hydrogen-bond acceptors (Lipinski definition) is 8. The lowest BCUT2D eigenvalue weighted by Gasteiger charge is -2.24. The third kappa shape index (κ3) is 9.66. The smallest absolute Gasteiger partial charge is 0.485 e. The zero-order valence-corrected chi connectivity index (χ0v) is 25.3. The van der Waals surface area contributed by atoms with Gasteiger partial charge in [-0.15, -0.1) is 0 Å². The van der Waals surface area contributed by atoms with E-state index in [1.807, 2.05) is 61.6 Å². The second-order valence-electron chi connectivity index (χ2n) is 9.87. The third-order valence-electron chi connectivity index (χ3n) is 6.62. The maximum atomic E-state index is 10.7. The fraction of sp³-hybridized carbons (Fsp3) is 0.323. The highest BCUT2D eigenvalue weighted by Crippen LogP contribution is 2.38. The molecular formula is C31H32F3NO7S2. The number of halogens is 3. The average molecular weight is 652 g/mol. The van der Waals surface area contributed by atoms with Gasteiger partial charge in [0, 0.05) is 0 Å². The van der Waals surface area contributed by atoms with E-state index in [-0.39, 0.29) is 24.4 Å². The molecule has 13 heteroatoms. The molecule has 1 aliphatic heterocycles. The van der Waals surface area contributed by atoms with E-state index in [4.69, 9.17) is 31.9 Å². The summed E-state index contributed by atoms with van der Waals surface area (Å²) >= 11 is 1.67. The highest BCUT2D eigenvalue weighted by molar-refractivity contribution is 7.86. The van der Waals surface area contributed by atoms with Gasteiger partial charge in [0.2, 0.25) is 0 Å². The number of nitrogens with zero attached hydrogens (tertiary/aromatic N) is 1. The molecule has 0 aliphatic carbocycles. The maximum Gasteiger partial charge on any atom is 0.485 e. The maximum absolute atomic E-state index is 10.7. The van der Waals surface area contributed by atoms with E-state index in [0.717, 1.165) is 21.7 Å². The highest BCUT2D eigenvalue weighted by Gasteiger charge is 2.50. The first-order valence-corrected chi connectivity index (χ1v) is 15.8. The molecule has 1 aromatic heterocycles. The average Bonchev–Trinajstić information content (AvgIpc) is 3.58. The quantitative estimate of drug-likeness (QED) is 0.121. The first-order chi connectivity index (χ1) is 21.0. The summed E-state index contributed by atoms with van der Waals surface area (Å²) in [6, 6.07) is 30.7. The first kappa shape index (κ1) is 33.7. The second kappa shape index (κ2) is 15.7. The van der Waals surface area contributed by atoms with Crippen molar-refractivity contribution in [2.24, 2.45) is 7.05 Å². The van der Waals surface area contributed by atoms with Crippen molar-refractivity contribution in [3.63, 3.8) is 0 Å². The number of hydrogen-bond donors (Lipinski definition) is 0. The van der Waals surface area contributed by atoms with Crippen molar-refractivity contribution in [1.29, 1.82) is 0 Å². The van der Waals surface area contributed by atoms with Crippen LogP contribution in [0.2, 0.25) is 0 Å². The molecule has 236 valence electrons. The van der Waals surface area contributed by atoms with Gasteiger partial charge in [0.05, 0.1) is 31.8 Å². The Morgan fingerprint density at radius 3 is 1.70 bits per heavy atom. The second-order valence-corrected chi connectivity index (χ2v) is 12.2. The van der Waals surface area contributed by atoms with Gasteiger partial charge in [0.1, 0.15) is 25.4 Å². The topological polar surface area (TPSA) is 98.0 Å². The number of ether oxygens (including phenoxy) is 4. The third-order valence-corrected chi connectivity index (χ3v) is 8.21. The Hall–Kier alpha value is -3.17. The molecule has 8 nitrogen and oxygen atoms in total. The van der Waals surface area contributed by atoms with Crippen LogP contribution < -0.4 is 4.57 Å². The fourth-order valence-corrected chi connectivity index (χ4v) is 5.39. The number of alkyl halides is 3. The minimum Gasteiger partial charge on any atom is -0.741 e. The van der Waals surface area contributed by atoms with Crippen molar-refractivity contribution in [3.05, 3.63) is 124 Å². The Morgan fingerprint density at radius 2 is 1.27 bits per heavy atom. The van der Waals surface area contributed by atoms with Gasteiger partial charge in [-0.05, 0) is 16.7 Å². The van der Waals surface area contributed by atoms with Crippen molar-refractivity contribution in [2.45, 2.75) is 49.7 Å². The van der Waals surface area contributed by atoms with Crippen LogP contribution in [0.4, 0.5) is 13.2 Å². The van der Waals surface area contributed by atoms with E-state index in [2.05, 4.69) is 52.5 Å². The Bertz CT molecular complexity index is 1520. The molecule has 44 heavy (non-hydrogen) atoms. The number of aryl methyl sites for hydroxylation is 1. The Balaban J connectivity index is 0.000000488. The van der Waals surface area contributed by atoms with Crippen LogP contribution in [0.5, 0.6) is 0 Å². The zero-order chi connectivity index (χ0) is 31.6. The molecule has 0 amide bonds. The summed E-state index contributed by atoms with van der Waals surface area (Å²) in [5.41, 5.74) is -2.27. The molecule has 3 aromatic carbocycles. The molecule has 0 spiro atoms. The summed E-state index contributed by atoms with van der Waals surface area (Å²) in [5, 5.41) is 3.18.